The largest absolute Gasteiger partial charge is 0.244 e. The molecule has 0 aliphatic heterocycles. The van der Waals surface area contributed by atoms with Crippen molar-refractivity contribution in [3.63, 3.8) is 0 Å². The molecule has 0 radical (unpaired) electrons. The molecule has 0 unspecified atom stereocenters. The summed E-state index contributed by atoms with van der Waals surface area (Å²) in [6, 6.07) is 11.9. The molecule has 0 bridgehead atoms. The maximum Gasteiger partial charge on any atom is 0.179 e. The summed E-state index contributed by atoms with van der Waals surface area (Å²) >= 11 is 6.32. The van der Waals surface area contributed by atoms with Crippen LogP contribution in [0, 0.1) is 6.92 Å². The van der Waals surface area contributed by atoms with Crippen LogP contribution in [0.4, 0.5) is 0 Å². The molecule has 0 saturated carbocycles. The molecule has 3 aromatic rings. The van der Waals surface area contributed by atoms with Gasteiger partial charge in [-0.1, -0.05) is 49.7 Å². The predicted molar refractivity (Wildman–Crippen MR) is 86.6 cm³/mol. The molecule has 0 amide bonds. The Morgan fingerprint density at radius 3 is 2.43 bits per heavy atom. The molecule has 0 atom stereocenters. The molecular formula is C17H16ClN3. The highest BCUT2D eigenvalue weighted by molar-refractivity contribution is 6.30. The first-order chi connectivity index (χ1) is 10.1. The van der Waals surface area contributed by atoms with Crippen LogP contribution in [0.25, 0.3) is 22.4 Å². The second kappa shape index (κ2) is 5.41. The Balaban J connectivity index is 2.14. The molecular weight excluding hydrogens is 282 g/mol. The SMILES string of the molecule is Cc1nc(-c2ccc3ccccc3n2)nc(Cl)c1C(C)C. The highest BCUT2D eigenvalue weighted by atomic mass is 35.5. The Kier molecular flexibility index (Phi) is 3.60. The zero-order valence-electron chi connectivity index (χ0n) is 12.3. The van der Waals surface area contributed by atoms with Crippen molar-refractivity contribution >= 4 is 22.5 Å². The van der Waals surface area contributed by atoms with Gasteiger partial charge in [-0.3, -0.25) is 0 Å². The first-order valence-corrected chi connectivity index (χ1v) is 7.34. The third-order valence-electron chi connectivity index (χ3n) is 3.49. The second-order valence-electron chi connectivity index (χ2n) is 5.38. The lowest BCUT2D eigenvalue weighted by Crippen LogP contribution is -2.02. The number of para-hydroxylation sites is 1. The summed E-state index contributed by atoms with van der Waals surface area (Å²) in [6.45, 7) is 6.14. The predicted octanol–water partition coefficient (Wildman–Crippen LogP) is 4.78. The fraction of sp³-hybridized carbons (Fsp3) is 0.235. The van der Waals surface area contributed by atoms with Gasteiger partial charge in [0.1, 0.15) is 10.8 Å². The van der Waals surface area contributed by atoms with Gasteiger partial charge in [-0.15, -0.1) is 0 Å². The average molecular weight is 298 g/mol. The Hall–Kier alpha value is -2.00. The van der Waals surface area contributed by atoms with Crippen molar-refractivity contribution in [3.8, 4) is 11.5 Å². The van der Waals surface area contributed by atoms with Gasteiger partial charge in [-0.05, 0) is 25.0 Å². The zero-order chi connectivity index (χ0) is 15.0. The molecule has 0 fully saturated rings. The Morgan fingerprint density at radius 2 is 1.71 bits per heavy atom. The summed E-state index contributed by atoms with van der Waals surface area (Å²) < 4.78 is 0. The maximum absolute atomic E-state index is 6.32. The number of fused-ring (bicyclic) bond motifs is 1. The molecule has 2 aromatic heterocycles. The van der Waals surface area contributed by atoms with E-state index in [9.17, 15) is 0 Å². The lowest BCUT2D eigenvalue weighted by Gasteiger charge is -2.12. The van der Waals surface area contributed by atoms with E-state index in [1.54, 1.807) is 0 Å². The van der Waals surface area contributed by atoms with Crippen LogP contribution in [-0.2, 0) is 0 Å². The Bertz CT molecular complexity index is 789. The van der Waals surface area contributed by atoms with Crippen molar-refractivity contribution in [2.75, 3.05) is 0 Å². The molecule has 0 spiro atoms. The Morgan fingerprint density at radius 1 is 0.952 bits per heavy atom. The lowest BCUT2D eigenvalue weighted by atomic mass is 10.0. The number of halogens is 1. The third-order valence-corrected chi connectivity index (χ3v) is 3.78. The Labute approximate surface area is 129 Å². The summed E-state index contributed by atoms with van der Waals surface area (Å²) in [6.07, 6.45) is 0. The summed E-state index contributed by atoms with van der Waals surface area (Å²) in [5.41, 5.74) is 3.59. The number of aromatic nitrogens is 3. The molecule has 3 nitrogen and oxygen atoms in total. The standard InChI is InChI=1S/C17H16ClN3/c1-10(2)15-11(3)19-17(21-16(15)18)14-9-8-12-6-4-5-7-13(12)20-14/h4-10H,1-3H3. The number of aryl methyl sites for hydroxylation is 1. The minimum atomic E-state index is 0.302. The highest BCUT2D eigenvalue weighted by Crippen LogP contribution is 2.27. The number of nitrogens with zero attached hydrogens (tertiary/aromatic N) is 3. The molecule has 3 rings (SSSR count). The summed E-state index contributed by atoms with van der Waals surface area (Å²) in [4.78, 5) is 13.6. The van der Waals surface area contributed by atoms with Crippen molar-refractivity contribution in [3.05, 3.63) is 52.8 Å². The molecule has 4 heteroatoms. The minimum absolute atomic E-state index is 0.302. The summed E-state index contributed by atoms with van der Waals surface area (Å²) in [5.74, 6) is 0.878. The number of hydrogen-bond donors (Lipinski definition) is 0. The quantitative estimate of drug-likeness (QED) is 0.639. The van der Waals surface area contributed by atoms with Crippen LogP contribution in [0.3, 0.4) is 0 Å². The second-order valence-corrected chi connectivity index (χ2v) is 5.74. The lowest BCUT2D eigenvalue weighted by molar-refractivity contribution is 0.830. The molecule has 106 valence electrons. The normalized spacial score (nSPS) is 11.3. The fourth-order valence-corrected chi connectivity index (χ4v) is 2.94. The van der Waals surface area contributed by atoms with Crippen molar-refractivity contribution in [2.24, 2.45) is 0 Å². The van der Waals surface area contributed by atoms with Crippen LogP contribution in [0.1, 0.15) is 31.0 Å². The smallest absolute Gasteiger partial charge is 0.179 e. The van der Waals surface area contributed by atoms with Crippen molar-refractivity contribution in [1.82, 2.24) is 15.0 Å². The van der Waals surface area contributed by atoms with E-state index in [0.29, 0.717) is 16.9 Å². The molecule has 0 aliphatic carbocycles. The van der Waals surface area contributed by atoms with Crippen molar-refractivity contribution in [1.29, 1.82) is 0 Å². The maximum atomic E-state index is 6.32. The number of benzene rings is 1. The van der Waals surface area contributed by atoms with Gasteiger partial charge in [0.2, 0.25) is 0 Å². The van der Waals surface area contributed by atoms with Gasteiger partial charge in [-0.2, -0.15) is 0 Å². The van der Waals surface area contributed by atoms with E-state index >= 15 is 0 Å². The van der Waals surface area contributed by atoms with Crippen LogP contribution >= 0.6 is 11.6 Å². The molecule has 0 N–H and O–H groups in total. The first kappa shape index (κ1) is 14.0. The van der Waals surface area contributed by atoms with E-state index in [-0.39, 0.29) is 0 Å². The third kappa shape index (κ3) is 2.61. The molecule has 0 aliphatic rings. The van der Waals surface area contributed by atoms with Gasteiger partial charge in [0, 0.05) is 16.6 Å². The van der Waals surface area contributed by atoms with Gasteiger partial charge in [0.05, 0.1) is 5.52 Å². The van der Waals surface area contributed by atoms with Crippen LogP contribution in [0.2, 0.25) is 5.15 Å². The molecule has 1 aromatic carbocycles. The fourth-order valence-electron chi connectivity index (χ4n) is 2.51. The van der Waals surface area contributed by atoms with Crippen molar-refractivity contribution in [2.45, 2.75) is 26.7 Å². The topological polar surface area (TPSA) is 38.7 Å². The van der Waals surface area contributed by atoms with Gasteiger partial charge in [0.25, 0.3) is 0 Å². The number of hydrogen-bond acceptors (Lipinski definition) is 3. The minimum Gasteiger partial charge on any atom is -0.244 e. The van der Waals surface area contributed by atoms with E-state index in [4.69, 9.17) is 11.6 Å². The first-order valence-electron chi connectivity index (χ1n) is 6.96. The van der Waals surface area contributed by atoms with Crippen molar-refractivity contribution < 1.29 is 0 Å². The van der Waals surface area contributed by atoms with E-state index in [0.717, 1.165) is 27.9 Å². The zero-order valence-corrected chi connectivity index (χ0v) is 13.0. The van der Waals surface area contributed by atoms with Gasteiger partial charge < -0.3 is 0 Å². The van der Waals surface area contributed by atoms with Gasteiger partial charge in [0.15, 0.2) is 5.82 Å². The summed E-state index contributed by atoms with van der Waals surface area (Å²) in [7, 11) is 0. The molecule has 2 heterocycles. The molecule has 21 heavy (non-hydrogen) atoms. The van der Waals surface area contributed by atoms with Crippen LogP contribution < -0.4 is 0 Å². The van der Waals surface area contributed by atoms with E-state index in [1.165, 1.54) is 0 Å². The van der Waals surface area contributed by atoms with Gasteiger partial charge in [-0.25, -0.2) is 15.0 Å². The van der Waals surface area contributed by atoms with E-state index in [1.807, 2.05) is 43.3 Å². The van der Waals surface area contributed by atoms with E-state index < -0.39 is 0 Å². The molecule has 0 saturated heterocycles. The number of pyridine rings is 1. The number of rotatable bonds is 2. The summed E-state index contributed by atoms with van der Waals surface area (Å²) in [5, 5.41) is 1.62. The van der Waals surface area contributed by atoms with Gasteiger partial charge >= 0.3 is 0 Å². The average Bonchev–Trinajstić information content (AvgIpc) is 2.45. The van der Waals surface area contributed by atoms with Crippen LogP contribution in [-0.4, -0.2) is 15.0 Å². The highest BCUT2D eigenvalue weighted by Gasteiger charge is 2.14. The van der Waals surface area contributed by atoms with Crippen LogP contribution in [0.15, 0.2) is 36.4 Å². The van der Waals surface area contributed by atoms with E-state index in [2.05, 4.69) is 28.8 Å². The van der Waals surface area contributed by atoms with Crippen LogP contribution in [0.5, 0.6) is 0 Å². The monoisotopic (exact) mass is 297 g/mol.